The van der Waals surface area contributed by atoms with E-state index >= 15 is 0 Å². The predicted molar refractivity (Wildman–Crippen MR) is 85.2 cm³/mol. The first-order valence-corrected chi connectivity index (χ1v) is 7.91. The number of carbonyl (C=O) groups is 1. The van der Waals surface area contributed by atoms with Crippen LogP contribution in [0.1, 0.15) is 17.4 Å². The van der Waals surface area contributed by atoms with Crippen LogP contribution in [0.2, 0.25) is 0 Å². The van der Waals surface area contributed by atoms with Gasteiger partial charge in [-0.3, -0.25) is 9.48 Å². The number of aryl methyl sites for hydroxylation is 1. The van der Waals surface area contributed by atoms with E-state index in [1.54, 1.807) is 16.2 Å². The topological polar surface area (TPSA) is 50.2 Å². The first kappa shape index (κ1) is 15.7. The molecule has 114 valence electrons. The Morgan fingerprint density at radius 2 is 2.38 bits per heavy atom. The van der Waals surface area contributed by atoms with Gasteiger partial charge in [0, 0.05) is 24.2 Å². The van der Waals surface area contributed by atoms with Gasteiger partial charge in [0.2, 0.25) is 5.91 Å². The molecule has 21 heavy (non-hydrogen) atoms. The van der Waals surface area contributed by atoms with Gasteiger partial charge in [0.1, 0.15) is 0 Å². The third kappa shape index (κ3) is 4.99. The quantitative estimate of drug-likeness (QED) is 0.850. The molecule has 0 aliphatic heterocycles. The van der Waals surface area contributed by atoms with Gasteiger partial charge in [-0.15, -0.1) is 11.3 Å². The summed E-state index contributed by atoms with van der Waals surface area (Å²) in [5.41, 5.74) is 1.15. The van der Waals surface area contributed by atoms with E-state index in [9.17, 15) is 4.79 Å². The summed E-state index contributed by atoms with van der Waals surface area (Å²) < 4.78 is 1.90. The molecule has 1 N–H and O–H groups in total. The maximum atomic E-state index is 12.1. The number of carbonyl (C=O) groups excluding carboxylic acids is 1. The highest BCUT2D eigenvalue weighted by atomic mass is 32.1. The largest absolute Gasteiger partial charge is 0.340 e. The fourth-order valence-corrected chi connectivity index (χ4v) is 2.79. The summed E-state index contributed by atoms with van der Waals surface area (Å²) in [5, 5.41) is 9.53. The number of amides is 1. The molecule has 2 aromatic rings. The Hall–Kier alpha value is -1.66. The van der Waals surface area contributed by atoms with Crippen molar-refractivity contribution in [2.75, 3.05) is 13.6 Å². The van der Waals surface area contributed by atoms with Crippen LogP contribution in [0.3, 0.4) is 0 Å². The molecule has 0 fully saturated rings. The average Bonchev–Trinajstić information content (AvgIpc) is 3.08. The first-order valence-electron chi connectivity index (χ1n) is 7.03. The van der Waals surface area contributed by atoms with Crippen molar-refractivity contribution in [2.45, 2.75) is 33.0 Å². The second kappa shape index (κ2) is 7.38. The highest BCUT2D eigenvalue weighted by Gasteiger charge is 2.11. The number of nitrogens with one attached hydrogen (secondary N) is 1. The smallest absolute Gasteiger partial charge is 0.236 e. The number of nitrogens with zero attached hydrogens (tertiary/aromatic N) is 3. The summed E-state index contributed by atoms with van der Waals surface area (Å²) in [6.45, 7) is 5.86. The van der Waals surface area contributed by atoms with Gasteiger partial charge >= 0.3 is 0 Å². The summed E-state index contributed by atoms with van der Waals surface area (Å²) in [6.07, 6.45) is 3.84. The van der Waals surface area contributed by atoms with Crippen LogP contribution in [0.4, 0.5) is 0 Å². The van der Waals surface area contributed by atoms with E-state index in [2.05, 4.69) is 17.3 Å². The second-order valence-electron chi connectivity index (χ2n) is 5.35. The molecule has 0 aliphatic carbocycles. The van der Waals surface area contributed by atoms with E-state index in [1.165, 1.54) is 4.88 Å². The van der Waals surface area contributed by atoms with Gasteiger partial charge in [-0.25, -0.2) is 0 Å². The Balaban J connectivity index is 1.72. The van der Waals surface area contributed by atoms with Gasteiger partial charge in [-0.1, -0.05) is 6.07 Å². The molecule has 0 radical (unpaired) electrons. The molecule has 1 atom stereocenters. The molecule has 1 unspecified atom stereocenters. The minimum Gasteiger partial charge on any atom is -0.340 e. The molecule has 2 heterocycles. The third-order valence-electron chi connectivity index (χ3n) is 3.22. The zero-order valence-corrected chi connectivity index (χ0v) is 13.6. The lowest BCUT2D eigenvalue weighted by molar-refractivity contribution is -0.129. The Morgan fingerprint density at radius 1 is 1.57 bits per heavy atom. The first-order chi connectivity index (χ1) is 10.0. The van der Waals surface area contributed by atoms with Crippen LogP contribution in [0.5, 0.6) is 0 Å². The lowest BCUT2D eigenvalue weighted by Crippen LogP contribution is -2.40. The van der Waals surface area contributed by atoms with Crippen LogP contribution < -0.4 is 5.32 Å². The second-order valence-corrected chi connectivity index (χ2v) is 6.38. The van der Waals surface area contributed by atoms with Crippen LogP contribution in [-0.4, -0.2) is 40.2 Å². The van der Waals surface area contributed by atoms with Crippen LogP contribution in [0.25, 0.3) is 0 Å². The van der Waals surface area contributed by atoms with Gasteiger partial charge in [0.05, 0.1) is 25.8 Å². The number of hydrogen-bond donors (Lipinski definition) is 1. The Labute approximate surface area is 129 Å². The zero-order chi connectivity index (χ0) is 15.2. The zero-order valence-electron chi connectivity index (χ0n) is 12.7. The van der Waals surface area contributed by atoms with Crippen molar-refractivity contribution >= 4 is 17.2 Å². The molecular formula is C15H22N4OS. The van der Waals surface area contributed by atoms with E-state index in [0.717, 1.165) is 12.1 Å². The molecule has 5 nitrogen and oxygen atoms in total. The van der Waals surface area contributed by atoms with Crippen LogP contribution >= 0.6 is 11.3 Å². The Morgan fingerprint density at radius 3 is 3.00 bits per heavy atom. The van der Waals surface area contributed by atoms with E-state index in [-0.39, 0.29) is 11.9 Å². The lowest BCUT2D eigenvalue weighted by atomic mass is 10.3. The van der Waals surface area contributed by atoms with Crippen molar-refractivity contribution < 1.29 is 4.79 Å². The van der Waals surface area contributed by atoms with Crippen molar-refractivity contribution in [1.82, 2.24) is 20.0 Å². The Bertz CT molecular complexity index is 564. The van der Waals surface area contributed by atoms with E-state index in [4.69, 9.17) is 0 Å². The molecule has 0 bridgehead atoms. The van der Waals surface area contributed by atoms with Gasteiger partial charge in [-0.2, -0.15) is 5.10 Å². The van der Waals surface area contributed by atoms with Crippen LogP contribution in [-0.2, 0) is 17.9 Å². The monoisotopic (exact) mass is 306 g/mol. The molecule has 2 aromatic heterocycles. The highest BCUT2D eigenvalue weighted by molar-refractivity contribution is 7.09. The number of aromatic nitrogens is 2. The van der Waals surface area contributed by atoms with E-state index in [1.807, 2.05) is 48.6 Å². The molecule has 6 heteroatoms. The van der Waals surface area contributed by atoms with Crippen LogP contribution in [0, 0.1) is 6.92 Å². The van der Waals surface area contributed by atoms with Crippen molar-refractivity contribution in [3.05, 3.63) is 40.3 Å². The summed E-state index contributed by atoms with van der Waals surface area (Å²) >= 11 is 1.67. The maximum absolute atomic E-state index is 12.1. The fourth-order valence-electron chi connectivity index (χ4n) is 2.03. The normalized spacial score (nSPS) is 12.3. The summed E-state index contributed by atoms with van der Waals surface area (Å²) in [5.74, 6) is 0.104. The number of rotatable bonds is 7. The number of hydrogen-bond acceptors (Lipinski definition) is 4. The van der Waals surface area contributed by atoms with Crippen molar-refractivity contribution in [3.8, 4) is 0 Å². The van der Waals surface area contributed by atoms with Gasteiger partial charge in [0.15, 0.2) is 0 Å². The van der Waals surface area contributed by atoms with Gasteiger partial charge in [0.25, 0.3) is 0 Å². The van der Waals surface area contributed by atoms with E-state index < -0.39 is 0 Å². The Kier molecular flexibility index (Phi) is 5.52. The SMILES string of the molecule is Cc1cnn(CC(C)NCC(=O)N(C)Cc2cccs2)c1. The summed E-state index contributed by atoms with van der Waals surface area (Å²) in [6, 6.07) is 4.25. The summed E-state index contributed by atoms with van der Waals surface area (Å²) in [7, 11) is 1.84. The van der Waals surface area contributed by atoms with Crippen molar-refractivity contribution in [1.29, 1.82) is 0 Å². The van der Waals surface area contributed by atoms with Crippen molar-refractivity contribution in [2.24, 2.45) is 0 Å². The van der Waals surface area contributed by atoms with Crippen molar-refractivity contribution in [3.63, 3.8) is 0 Å². The van der Waals surface area contributed by atoms with Crippen LogP contribution in [0.15, 0.2) is 29.9 Å². The highest BCUT2D eigenvalue weighted by Crippen LogP contribution is 2.10. The summed E-state index contributed by atoms with van der Waals surface area (Å²) in [4.78, 5) is 15.0. The molecule has 0 saturated heterocycles. The minimum atomic E-state index is 0.104. The van der Waals surface area contributed by atoms with Gasteiger partial charge < -0.3 is 10.2 Å². The maximum Gasteiger partial charge on any atom is 0.236 e. The number of likely N-dealkylation sites (N-methyl/N-ethyl adjacent to an activating group) is 1. The third-order valence-corrected chi connectivity index (χ3v) is 4.09. The lowest BCUT2D eigenvalue weighted by Gasteiger charge is -2.19. The molecule has 2 rings (SSSR count). The minimum absolute atomic E-state index is 0.104. The molecule has 0 aromatic carbocycles. The van der Waals surface area contributed by atoms with E-state index in [0.29, 0.717) is 13.1 Å². The molecule has 0 aliphatic rings. The molecule has 1 amide bonds. The fraction of sp³-hybridized carbons (Fsp3) is 0.467. The molecular weight excluding hydrogens is 284 g/mol. The average molecular weight is 306 g/mol. The molecule has 0 saturated carbocycles. The predicted octanol–water partition coefficient (Wildman–Crippen LogP) is 1.89. The number of thiophene rings is 1. The standard InChI is InChI=1S/C15H22N4OS/c1-12-7-17-19(9-12)10-13(2)16-8-15(20)18(3)11-14-5-4-6-21-14/h4-7,9,13,16H,8,10-11H2,1-3H3. The molecule has 0 spiro atoms. The van der Waals surface area contributed by atoms with Gasteiger partial charge in [-0.05, 0) is 30.9 Å².